The molecule has 0 saturated heterocycles. The summed E-state index contributed by atoms with van der Waals surface area (Å²) in [7, 11) is 0. The molecule has 1 unspecified atom stereocenters. The van der Waals surface area contributed by atoms with Crippen molar-refractivity contribution in [3.63, 3.8) is 0 Å². The number of halogens is 2. The minimum absolute atomic E-state index is 0.281. The molecule has 0 aromatic heterocycles. The molecular weight excluding hydrogens is 285 g/mol. The molecule has 0 heterocycles. The molecule has 1 atom stereocenters. The van der Waals surface area contributed by atoms with Gasteiger partial charge in [0.2, 0.25) is 0 Å². The van der Waals surface area contributed by atoms with E-state index < -0.39 is 0 Å². The fourth-order valence-electron chi connectivity index (χ4n) is 2.58. The molecule has 3 rings (SSSR count). The van der Waals surface area contributed by atoms with Gasteiger partial charge in [-0.1, -0.05) is 48.0 Å². The van der Waals surface area contributed by atoms with Crippen LogP contribution in [0.15, 0.2) is 48.5 Å². The first-order chi connectivity index (χ1) is 10.2. The second-order valence-electron chi connectivity index (χ2n) is 5.73. The van der Waals surface area contributed by atoms with Crippen LogP contribution in [0.2, 0.25) is 5.02 Å². The average molecular weight is 304 g/mol. The van der Waals surface area contributed by atoms with Gasteiger partial charge in [0.1, 0.15) is 5.82 Å². The highest BCUT2D eigenvalue weighted by molar-refractivity contribution is 6.31. The molecule has 1 aliphatic rings. The van der Waals surface area contributed by atoms with Crippen LogP contribution in [-0.2, 0) is 6.42 Å². The van der Waals surface area contributed by atoms with Crippen LogP contribution in [-0.4, -0.2) is 12.6 Å². The highest BCUT2D eigenvalue weighted by Gasteiger charge is 2.23. The van der Waals surface area contributed by atoms with Gasteiger partial charge in [0.15, 0.2) is 0 Å². The lowest BCUT2D eigenvalue weighted by Gasteiger charge is -2.19. The normalized spacial score (nSPS) is 15.9. The summed E-state index contributed by atoms with van der Waals surface area (Å²) in [6.07, 6.45) is 3.38. The van der Waals surface area contributed by atoms with Crippen molar-refractivity contribution >= 4 is 11.6 Å². The van der Waals surface area contributed by atoms with Gasteiger partial charge in [-0.2, -0.15) is 0 Å². The van der Waals surface area contributed by atoms with E-state index in [0.29, 0.717) is 17.0 Å². The van der Waals surface area contributed by atoms with Crippen molar-refractivity contribution in [3.8, 4) is 0 Å². The van der Waals surface area contributed by atoms with E-state index in [4.69, 9.17) is 11.6 Å². The van der Waals surface area contributed by atoms with Gasteiger partial charge in [0.05, 0.1) is 0 Å². The fourth-order valence-corrected chi connectivity index (χ4v) is 2.83. The van der Waals surface area contributed by atoms with Crippen molar-refractivity contribution in [3.05, 3.63) is 70.5 Å². The zero-order valence-electron chi connectivity index (χ0n) is 11.9. The molecule has 2 aromatic carbocycles. The van der Waals surface area contributed by atoms with E-state index in [1.807, 2.05) is 6.07 Å². The second kappa shape index (κ2) is 6.59. The molecule has 1 nitrogen and oxygen atoms in total. The van der Waals surface area contributed by atoms with Gasteiger partial charge in [0.25, 0.3) is 0 Å². The van der Waals surface area contributed by atoms with E-state index in [1.165, 1.54) is 30.5 Å². The lowest BCUT2D eigenvalue weighted by atomic mass is 9.92. The largest absolute Gasteiger partial charge is 0.313 e. The Morgan fingerprint density at radius 2 is 1.90 bits per heavy atom. The van der Waals surface area contributed by atoms with E-state index in [9.17, 15) is 4.39 Å². The van der Waals surface area contributed by atoms with Gasteiger partial charge in [-0.25, -0.2) is 4.39 Å². The Bertz CT molecular complexity index is 595. The number of nitrogens with one attached hydrogen (secondary N) is 1. The Kier molecular flexibility index (Phi) is 4.57. The van der Waals surface area contributed by atoms with Gasteiger partial charge in [0, 0.05) is 23.5 Å². The standard InChI is InChI=1S/C18H19ClFN/c19-18-11-16(20)7-6-14(18)10-15(12-21-17-8-9-17)13-4-2-1-3-5-13/h1-7,11,15,17,21H,8-10,12H2. The van der Waals surface area contributed by atoms with Crippen LogP contribution >= 0.6 is 11.6 Å². The van der Waals surface area contributed by atoms with Crippen LogP contribution in [0.25, 0.3) is 0 Å². The van der Waals surface area contributed by atoms with E-state index in [0.717, 1.165) is 18.5 Å². The van der Waals surface area contributed by atoms with Crippen molar-refractivity contribution in [2.75, 3.05) is 6.54 Å². The van der Waals surface area contributed by atoms with Crippen LogP contribution in [0, 0.1) is 5.82 Å². The van der Waals surface area contributed by atoms with E-state index in [-0.39, 0.29) is 5.82 Å². The highest BCUT2D eigenvalue weighted by atomic mass is 35.5. The zero-order valence-corrected chi connectivity index (χ0v) is 12.6. The summed E-state index contributed by atoms with van der Waals surface area (Å²) >= 11 is 6.18. The van der Waals surface area contributed by atoms with Gasteiger partial charge >= 0.3 is 0 Å². The van der Waals surface area contributed by atoms with Crippen LogP contribution in [0.1, 0.15) is 29.9 Å². The summed E-state index contributed by atoms with van der Waals surface area (Å²) in [6.45, 7) is 0.933. The third-order valence-corrected chi connectivity index (χ3v) is 4.33. The maximum absolute atomic E-state index is 13.2. The molecule has 0 bridgehead atoms. The monoisotopic (exact) mass is 303 g/mol. The minimum Gasteiger partial charge on any atom is -0.313 e. The Labute approximate surface area is 130 Å². The second-order valence-corrected chi connectivity index (χ2v) is 6.14. The molecule has 0 amide bonds. The van der Waals surface area contributed by atoms with Crippen molar-refractivity contribution in [1.82, 2.24) is 5.32 Å². The summed E-state index contributed by atoms with van der Waals surface area (Å²) in [6, 6.07) is 15.8. The van der Waals surface area contributed by atoms with E-state index in [1.54, 1.807) is 6.07 Å². The summed E-state index contributed by atoms with van der Waals surface area (Å²) in [5.41, 5.74) is 2.30. The molecule has 0 spiro atoms. The molecule has 1 N–H and O–H groups in total. The van der Waals surface area contributed by atoms with Crippen LogP contribution in [0.5, 0.6) is 0 Å². The van der Waals surface area contributed by atoms with Gasteiger partial charge in [-0.3, -0.25) is 0 Å². The number of hydrogen-bond donors (Lipinski definition) is 1. The molecule has 0 aliphatic heterocycles. The van der Waals surface area contributed by atoms with Crippen LogP contribution in [0.3, 0.4) is 0 Å². The summed E-state index contributed by atoms with van der Waals surface area (Å²) in [4.78, 5) is 0. The molecule has 3 heteroatoms. The third-order valence-electron chi connectivity index (χ3n) is 3.98. The van der Waals surface area contributed by atoms with E-state index in [2.05, 4.69) is 29.6 Å². The molecule has 2 aromatic rings. The Morgan fingerprint density at radius 1 is 1.14 bits per heavy atom. The topological polar surface area (TPSA) is 12.0 Å². The Hall–Kier alpha value is -1.38. The minimum atomic E-state index is -0.281. The molecule has 1 saturated carbocycles. The summed E-state index contributed by atoms with van der Waals surface area (Å²) in [5, 5.41) is 4.11. The number of benzene rings is 2. The smallest absolute Gasteiger partial charge is 0.124 e. The van der Waals surface area contributed by atoms with Crippen LogP contribution in [0.4, 0.5) is 4.39 Å². The number of rotatable bonds is 6. The van der Waals surface area contributed by atoms with E-state index >= 15 is 0 Å². The first-order valence-corrected chi connectivity index (χ1v) is 7.82. The van der Waals surface area contributed by atoms with Crippen molar-refractivity contribution in [2.24, 2.45) is 0 Å². The average Bonchev–Trinajstić information content (AvgIpc) is 3.31. The van der Waals surface area contributed by atoms with Crippen LogP contribution < -0.4 is 5.32 Å². The Balaban J connectivity index is 1.77. The van der Waals surface area contributed by atoms with Crippen molar-refractivity contribution in [1.29, 1.82) is 0 Å². The molecule has 21 heavy (non-hydrogen) atoms. The SMILES string of the molecule is Fc1ccc(CC(CNC2CC2)c2ccccc2)c(Cl)c1. The predicted octanol–water partition coefficient (Wildman–Crippen LogP) is 4.56. The summed E-state index contributed by atoms with van der Waals surface area (Å²) < 4.78 is 13.2. The highest BCUT2D eigenvalue weighted by Crippen LogP contribution is 2.27. The fraction of sp³-hybridized carbons (Fsp3) is 0.333. The van der Waals surface area contributed by atoms with Crippen molar-refractivity contribution < 1.29 is 4.39 Å². The lowest BCUT2D eigenvalue weighted by molar-refractivity contribution is 0.576. The molecule has 1 fully saturated rings. The van der Waals surface area contributed by atoms with Gasteiger partial charge in [-0.05, 0) is 42.5 Å². The maximum Gasteiger partial charge on any atom is 0.124 e. The van der Waals surface area contributed by atoms with Crippen molar-refractivity contribution in [2.45, 2.75) is 31.2 Å². The zero-order chi connectivity index (χ0) is 14.7. The third kappa shape index (κ3) is 4.05. The maximum atomic E-state index is 13.2. The first kappa shape index (κ1) is 14.6. The molecule has 0 radical (unpaired) electrons. The Morgan fingerprint density at radius 3 is 2.57 bits per heavy atom. The quantitative estimate of drug-likeness (QED) is 0.825. The lowest BCUT2D eigenvalue weighted by Crippen LogP contribution is -2.24. The predicted molar refractivity (Wildman–Crippen MR) is 85.3 cm³/mol. The summed E-state index contributed by atoms with van der Waals surface area (Å²) in [5.74, 6) is 0.0749. The first-order valence-electron chi connectivity index (χ1n) is 7.44. The molecular formula is C18H19ClFN. The van der Waals surface area contributed by atoms with Gasteiger partial charge < -0.3 is 5.32 Å². The number of hydrogen-bond acceptors (Lipinski definition) is 1. The van der Waals surface area contributed by atoms with Gasteiger partial charge in [-0.15, -0.1) is 0 Å². The molecule has 110 valence electrons. The molecule has 1 aliphatic carbocycles.